The zero-order valence-corrected chi connectivity index (χ0v) is 21.6. The summed E-state index contributed by atoms with van der Waals surface area (Å²) in [6.07, 6.45) is 7.03. The number of rotatable bonds is 11. The Hall–Kier alpha value is -3.02. The molecule has 0 unspecified atom stereocenters. The molecule has 1 saturated carbocycles. The Kier molecular flexibility index (Phi) is 10.0. The number of nitrogens with one attached hydrogen (secondary N) is 1. The normalized spacial score (nSPS) is 14.7. The Balaban J connectivity index is 1.77. The van der Waals surface area contributed by atoms with Gasteiger partial charge in [-0.2, -0.15) is 0 Å². The van der Waals surface area contributed by atoms with E-state index in [9.17, 15) is 9.59 Å². The Morgan fingerprint density at radius 3 is 2.40 bits per heavy atom. The van der Waals surface area contributed by atoms with Gasteiger partial charge < -0.3 is 19.7 Å². The van der Waals surface area contributed by atoms with Gasteiger partial charge in [0.1, 0.15) is 6.04 Å². The van der Waals surface area contributed by atoms with Crippen molar-refractivity contribution < 1.29 is 19.1 Å². The number of aryl methyl sites for hydroxylation is 2. The van der Waals surface area contributed by atoms with Gasteiger partial charge in [0, 0.05) is 19.0 Å². The van der Waals surface area contributed by atoms with Gasteiger partial charge in [0.25, 0.3) is 0 Å². The fraction of sp³-hybridized carbons (Fsp3) is 0.517. The van der Waals surface area contributed by atoms with E-state index in [4.69, 9.17) is 9.47 Å². The summed E-state index contributed by atoms with van der Waals surface area (Å²) in [5.41, 5.74) is 3.18. The molecule has 0 spiro atoms. The third-order valence-electron chi connectivity index (χ3n) is 7.01. The Labute approximate surface area is 210 Å². The summed E-state index contributed by atoms with van der Waals surface area (Å²) in [4.78, 5) is 28.7. The molecular formula is C29H40N2O4. The van der Waals surface area contributed by atoms with Gasteiger partial charge in [-0.25, -0.2) is 0 Å². The van der Waals surface area contributed by atoms with Gasteiger partial charge in [-0.3, -0.25) is 9.59 Å². The number of nitrogens with zero attached hydrogens (tertiary/aromatic N) is 1. The van der Waals surface area contributed by atoms with Crippen molar-refractivity contribution in [1.82, 2.24) is 10.2 Å². The molecule has 2 amide bonds. The van der Waals surface area contributed by atoms with Crippen LogP contribution in [0.1, 0.15) is 68.6 Å². The zero-order chi connectivity index (χ0) is 25.2. The smallest absolute Gasteiger partial charge is 0.243 e. The van der Waals surface area contributed by atoms with Crippen LogP contribution >= 0.6 is 0 Å². The average molecular weight is 481 g/mol. The number of amides is 2. The summed E-state index contributed by atoms with van der Waals surface area (Å²) in [6, 6.07) is 13.5. The van der Waals surface area contributed by atoms with Crippen LogP contribution < -0.4 is 14.8 Å². The first kappa shape index (κ1) is 26.6. The van der Waals surface area contributed by atoms with Crippen molar-refractivity contribution in [2.75, 3.05) is 14.2 Å². The number of carbonyl (C=O) groups excluding carboxylic acids is 2. The molecule has 6 heteroatoms. The van der Waals surface area contributed by atoms with Crippen LogP contribution in [-0.4, -0.2) is 43.0 Å². The Morgan fingerprint density at radius 1 is 1.03 bits per heavy atom. The lowest BCUT2D eigenvalue weighted by Gasteiger charge is -2.33. The van der Waals surface area contributed by atoms with Crippen LogP contribution in [-0.2, 0) is 22.6 Å². The summed E-state index contributed by atoms with van der Waals surface area (Å²) in [5.74, 6) is 1.25. The van der Waals surface area contributed by atoms with Gasteiger partial charge in [-0.15, -0.1) is 0 Å². The highest BCUT2D eigenvalue weighted by Gasteiger charge is 2.30. The molecular weight excluding hydrogens is 440 g/mol. The SMILES string of the molecule is CC[C@H](C(=O)NC1CCCCC1)N(Cc1ccccc1C)C(=O)CCc1ccc(OC)c(OC)c1. The first-order valence-corrected chi connectivity index (χ1v) is 12.8. The van der Waals surface area contributed by atoms with E-state index in [0.29, 0.717) is 37.3 Å². The summed E-state index contributed by atoms with van der Waals surface area (Å²) < 4.78 is 10.7. The van der Waals surface area contributed by atoms with Crippen LogP contribution in [0.5, 0.6) is 11.5 Å². The lowest BCUT2D eigenvalue weighted by atomic mass is 9.95. The quantitative estimate of drug-likeness (QED) is 0.480. The summed E-state index contributed by atoms with van der Waals surface area (Å²) in [6.45, 7) is 4.45. The highest BCUT2D eigenvalue weighted by Crippen LogP contribution is 2.28. The van der Waals surface area contributed by atoms with Gasteiger partial charge in [0.05, 0.1) is 14.2 Å². The van der Waals surface area contributed by atoms with Gasteiger partial charge in [-0.05, 0) is 61.4 Å². The van der Waals surface area contributed by atoms with Crippen LogP contribution in [0, 0.1) is 6.92 Å². The number of hydrogen-bond acceptors (Lipinski definition) is 4. The molecule has 1 aliphatic rings. The monoisotopic (exact) mass is 480 g/mol. The van der Waals surface area contributed by atoms with E-state index < -0.39 is 6.04 Å². The first-order valence-electron chi connectivity index (χ1n) is 12.8. The molecule has 190 valence electrons. The van der Waals surface area contributed by atoms with Crippen molar-refractivity contribution >= 4 is 11.8 Å². The molecule has 0 aromatic heterocycles. The number of methoxy groups -OCH3 is 2. The minimum atomic E-state index is -0.491. The molecule has 0 radical (unpaired) electrons. The van der Waals surface area contributed by atoms with Crippen molar-refractivity contribution in [2.24, 2.45) is 0 Å². The van der Waals surface area contributed by atoms with E-state index in [1.165, 1.54) is 6.42 Å². The zero-order valence-electron chi connectivity index (χ0n) is 21.6. The predicted molar refractivity (Wildman–Crippen MR) is 139 cm³/mol. The molecule has 0 bridgehead atoms. The minimum absolute atomic E-state index is 0.0197. The number of benzene rings is 2. The van der Waals surface area contributed by atoms with Crippen molar-refractivity contribution in [3.63, 3.8) is 0 Å². The molecule has 35 heavy (non-hydrogen) atoms. The van der Waals surface area contributed by atoms with Gasteiger partial charge in [0.2, 0.25) is 11.8 Å². The standard InChI is InChI=1S/C29H40N2O4/c1-5-25(29(33)30-24-13-7-6-8-14-24)31(20-23-12-10-9-11-21(23)2)28(32)18-16-22-15-17-26(34-3)27(19-22)35-4/h9-12,15,17,19,24-25H,5-8,13-14,16,18,20H2,1-4H3,(H,30,33)/t25-/m1/s1. The molecule has 0 saturated heterocycles. The van der Waals surface area contributed by atoms with Crippen LogP contribution in [0.3, 0.4) is 0 Å². The summed E-state index contributed by atoms with van der Waals surface area (Å²) in [5, 5.41) is 3.24. The fourth-order valence-corrected chi connectivity index (χ4v) is 4.87. The van der Waals surface area contributed by atoms with Crippen molar-refractivity contribution in [3.8, 4) is 11.5 Å². The molecule has 0 heterocycles. The van der Waals surface area contributed by atoms with Gasteiger partial charge in [0.15, 0.2) is 11.5 Å². The lowest BCUT2D eigenvalue weighted by molar-refractivity contribution is -0.141. The number of carbonyl (C=O) groups is 2. The molecule has 1 N–H and O–H groups in total. The van der Waals surface area contributed by atoms with E-state index in [2.05, 4.69) is 5.32 Å². The minimum Gasteiger partial charge on any atom is -0.493 e. The predicted octanol–water partition coefficient (Wildman–Crippen LogP) is 5.20. The largest absolute Gasteiger partial charge is 0.493 e. The van der Waals surface area contributed by atoms with Crippen LogP contribution in [0.15, 0.2) is 42.5 Å². The maximum absolute atomic E-state index is 13.6. The van der Waals surface area contributed by atoms with E-state index in [0.717, 1.165) is 42.4 Å². The molecule has 3 rings (SSSR count). The first-order chi connectivity index (χ1) is 17.0. The maximum Gasteiger partial charge on any atom is 0.243 e. The van der Waals surface area contributed by atoms with Crippen LogP contribution in [0.4, 0.5) is 0 Å². The van der Waals surface area contributed by atoms with Crippen LogP contribution in [0.25, 0.3) is 0 Å². The van der Waals surface area contributed by atoms with E-state index >= 15 is 0 Å². The Morgan fingerprint density at radius 2 is 1.74 bits per heavy atom. The molecule has 1 atom stereocenters. The van der Waals surface area contributed by atoms with E-state index in [-0.39, 0.29) is 17.9 Å². The highest BCUT2D eigenvalue weighted by atomic mass is 16.5. The lowest BCUT2D eigenvalue weighted by Crippen LogP contribution is -2.51. The Bertz CT molecular complexity index is 984. The summed E-state index contributed by atoms with van der Waals surface area (Å²) >= 11 is 0. The average Bonchev–Trinajstić information content (AvgIpc) is 2.88. The topological polar surface area (TPSA) is 67.9 Å². The van der Waals surface area contributed by atoms with Gasteiger partial charge in [-0.1, -0.05) is 56.5 Å². The third-order valence-corrected chi connectivity index (χ3v) is 7.01. The second kappa shape index (κ2) is 13.2. The van der Waals surface area contributed by atoms with Crippen molar-refractivity contribution in [1.29, 1.82) is 0 Å². The van der Waals surface area contributed by atoms with Crippen molar-refractivity contribution in [3.05, 3.63) is 59.2 Å². The third kappa shape index (κ3) is 7.23. The van der Waals surface area contributed by atoms with E-state index in [1.807, 2.05) is 56.3 Å². The maximum atomic E-state index is 13.6. The van der Waals surface area contributed by atoms with Gasteiger partial charge >= 0.3 is 0 Å². The highest BCUT2D eigenvalue weighted by molar-refractivity contribution is 5.88. The van der Waals surface area contributed by atoms with E-state index in [1.54, 1.807) is 19.1 Å². The molecule has 2 aromatic carbocycles. The second-order valence-corrected chi connectivity index (χ2v) is 9.41. The summed E-state index contributed by atoms with van der Waals surface area (Å²) in [7, 11) is 3.21. The fourth-order valence-electron chi connectivity index (χ4n) is 4.87. The molecule has 1 aliphatic carbocycles. The van der Waals surface area contributed by atoms with Crippen LogP contribution in [0.2, 0.25) is 0 Å². The molecule has 6 nitrogen and oxygen atoms in total. The number of hydrogen-bond donors (Lipinski definition) is 1. The molecule has 1 fully saturated rings. The molecule has 2 aromatic rings. The number of ether oxygens (including phenoxy) is 2. The molecule has 0 aliphatic heterocycles. The van der Waals surface area contributed by atoms with Crippen molar-refractivity contribution in [2.45, 2.75) is 83.8 Å². The second-order valence-electron chi connectivity index (χ2n) is 9.41.